The first-order valence-electron chi connectivity index (χ1n) is 9.27. The van der Waals surface area contributed by atoms with E-state index in [4.69, 9.17) is 5.73 Å². The van der Waals surface area contributed by atoms with Gasteiger partial charge in [-0.1, -0.05) is 83.3 Å². The van der Waals surface area contributed by atoms with Crippen LogP contribution in [0, 0.1) is 0 Å². The maximum atomic E-state index is 9.54. The molecule has 2 nitrogen and oxygen atoms in total. The van der Waals surface area contributed by atoms with Gasteiger partial charge in [-0.3, -0.25) is 0 Å². The molecule has 2 heteroatoms. The third-order valence-corrected chi connectivity index (χ3v) is 4.13. The van der Waals surface area contributed by atoms with Gasteiger partial charge in [-0.05, 0) is 26.2 Å². The molecule has 0 aliphatic heterocycles. The van der Waals surface area contributed by atoms with Crippen LogP contribution in [-0.2, 0) is 0 Å². The Hall–Kier alpha value is -0.340. The second-order valence-corrected chi connectivity index (χ2v) is 6.46. The zero-order chi connectivity index (χ0) is 15.8. The second kappa shape index (κ2) is 16.0. The number of unbranched alkanes of at least 4 members (excludes halogenated alkanes) is 11. The predicted octanol–water partition coefficient (Wildman–Crippen LogP) is 5.34. The fourth-order valence-corrected chi connectivity index (χ4v) is 2.49. The minimum atomic E-state index is -0.390. The molecule has 0 rings (SSSR count). The summed E-state index contributed by atoms with van der Waals surface area (Å²) in [5, 5.41) is 9.54. The van der Waals surface area contributed by atoms with Gasteiger partial charge in [0, 0.05) is 6.04 Å². The van der Waals surface area contributed by atoms with Crippen molar-refractivity contribution in [2.75, 3.05) is 0 Å². The summed E-state index contributed by atoms with van der Waals surface area (Å²) in [6, 6.07) is -0.128. The van der Waals surface area contributed by atoms with Crippen molar-refractivity contribution in [2.45, 2.75) is 109 Å². The summed E-state index contributed by atoms with van der Waals surface area (Å²) in [4.78, 5) is 0. The zero-order valence-corrected chi connectivity index (χ0v) is 14.5. The molecule has 0 fully saturated rings. The first-order valence-corrected chi connectivity index (χ1v) is 9.27. The molecule has 0 aliphatic rings. The molecule has 2 atom stereocenters. The van der Waals surface area contributed by atoms with Crippen molar-refractivity contribution < 1.29 is 5.11 Å². The largest absolute Gasteiger partial charge is 0.391 e. The van der Waals surface area contributed by atoms with Crippen LogP contribution in [0.3, 0.4) is 0 Å². The zero-order valence-electron chi connectivity index (χ0n) is 14.5. The molecular weight excluding hydrogens is 258 g/mol. The van der Waals surface area contributed by atoms with Crippen molar-refractivity contribution in [3.05, 3.63) is 12.2 Å². The third-order valence-electron chi connectivity index (χ3n) is 4.13. The van der Waals surface area contributed by atoms with Gasteiger partial charge in [0.25, 0.3) is 0 Å². The summed E-state index contributed by atoms with van der Waals surface area (Å²) in [6.45, 7) is 4.12. The van der Waals surface area contributed by atoms with E-state index in [-0.39, 0.29) is 6.04 Å². The molecule has 0 unspecified atom stereocenters. The highest BCUT2D eigenvalue weighted by Crippen LogP contribution is 2.12. The smallest absolute Gasteiger partial charge is 0.0722 e. The third kappa shape index (κ3) is 15.9. The lowest BCUT2D eigenvalue weighted by atomic mass is 10.0. The van der Waals surface area contributed by atoms with E-state index < -0.39 is 6.10 Å². The Morgan fingerprint density at radius 3 is 1.76 bits per heavy atom. The highest BCUT2D eigenvalue weighted by atomic mass is 16.3. The first kappa shape index (κ1) is 20.7. The average molecular weight is 298 g/mol. The number of hydrogen-bond donors (Lipinski definition) is 2. The predicted molar refractivity (Wildman–Crippen MR) is 94.5 cm³/mol. The van der Waals surface area contributed by atoms with Gasteiger partial charge < -0.3 is 10.8 Å². The van der Waals surface area contributed by atoms with Crippen LogP contribution in [0.4, 0.5) is 0 Å². The molecule has 0 aromatic rings. The molecule has 0 aromatic carbocycles. The van der Waals surface area contributed by atoms with Crippen LogP contribution < -0.4 is 5.73 Å². The van der Waals surface area contributed by atoms with Crippen molar-refractivity contribution in [2.24, 2.45) is 5.73 Å². The number of aliphatic hydroxyl groups is 1. The maximum Gasteiger partial charge on any atom is 0.0722 e. The standard InChI is InChI=1S/C19H39NO/c1-3-4-5-6-7-8-9-10-11-12-13-14-15-16-17-19(21)18(2)20/h15-16,18-19,21H,3-14,17,20H2,1-2H3/b16-15+/t18-,19+/m0/s1. The van der Waals surface area contributed by atoms with Crippen molar-refractivity contribution in [1.82, 2.24) is 0 Å². The number of aliphatic hydroxyl groups excluding tert-OH is 1. The Kier molecular flexibility index (Phi) is 15.8. The quantitative estimate of drug-likeness (QED) is 0.316. The van der Waals surface area contributed by atoms with Gasteiger partial charge in [0.2, 0.25) is 0 Å². The van der Waals surface area contributed by atoms with E-state index in [1.54, 1.807) is 0 Å². The van der Waals surface area contributed by atoms with Crippen LogP contribution in [-0.4, -0.2) is 17.3 Å². The van der Waals surface area contributed by atoms with Crippen molar-refractivity contribution in [3.63, 3.8) is 0 Å². The normalized spacial score (nSPS) is 14.7. The Morgan fingerprint density at radius 1 is 0.810 bits per heavy atom. The van der Waals surface area contributed by atoms with Crippen molar-refractivity contribution in [3.8, 4) is 0 Å². The highest BCUT2D eigenvalue weighted by molar-refractivity contribution is 4.86. The van der Waals surface area contributed by atoms with Crippen LogP contribution in [0.5, 0.6) is 0 Å². The van der Waals surface area contributed by atoms with Gasteiger partial charge in [-0.25, -0.2) is 0 Å². The Morgan fingerprint density at radius 2 is 1.29 bits per heavy atom. The second-order valence-electron chi connectivity index (χ2n) is 6.46. The summed E-state index contributed by atoms with van der Waals surface area (Å²) in [5.74, 6) is 0. The fraction of sp³-hybridized carbons (Fsp3) is 0.895. The topological polar surface area (TPSA) is 46.2 Å². The van der Waals surface area contributed by atoms with E-state index in [1.807, 2.05) is 6.92 Å². The summed E-state index contributed by atoms with van der Waals surface area (Å²) < 4.78 is 0. The number of rotatable bonds is 15. The average Bonchev–Trinajstić information content (AvgIpc) is 2.47. The molecule has 3 N–H and O–H groups in total. The van der Waals surface area contributed by atoms with Crippen molar-refractivity contribution in [1.29, 1.82) is 0 Å². The number of allylic oxidation sites excluding steroid dienone is 1. The summed E-state index contributed by atoms with van der Waals surface area (Å²) in [5.41, 5.74) is 5.61. The van der Waals surface area contributed by atoms with Crippen LogP contribution in [0.15, 0.2) is 12.2 Å². The number of hydrogen-bond acceptors (Lipinski definition) is 2. The van der Waals surface area contributed by atoms with Gasteiger partial charge in [-0.15, -0.1) is 0 Å². The van der Waals surface area contributed by atoms with Gasteiger partial charge in [0.15, 0.2) is 0 Å². The molecule has 21 heavy (non-hydrogen) atoms. The summed E-state index contributed by atoms with van der Waals surface area (Å²) >= 11 is 0. The van der Waals surface area contributed by atoms with E-state index in [1.165, 1.54) is 70.6 Å². The molecular formula is C19H39NO. The molecule has 0 aliphatic carbocycles. The first-order chi connectivity index (χ1) is 10.2. The summed E-state index contributed by atoms with van der Waals surface area (Å²) in [6.07, 6.45) is 21.0. The lowest BCUT2D eigenvalue weighted by Crippen LogP contribution is -2.30. The minimum Gasteiger partial charge on any atom is -0.391 e. The summed E-state index contributed by atoms with van der Waals surface area (Å²) in [7, 11) is 0. The molecule has 0 amide bonds. The van der Waals surface area contributed by atoms with E-state index in [0.717, 1.165) is 6.42 Å². The molecule has 0 radical (unpaired) electrons. The van der Waals surface area contributed by atoms with Crippen LogP contribution in [0.25, 0.3) is 0 Å². The molecule has 0 spiro atoms. The highest BCUT2D eigenvalue weighted by Gasteiger charge is 2.05. The molecule has 0 saturated heterocycles. The Bertz CT molecular complexity index is 226. The monoisotopic (exact) mass is 297 g/mol. The molecule has 0 heterocycles. The van der Waals surface area contributed by atoms with E-state index >= 15 is 0 Å². The van der Waals surface area contributed by atoms with E-state index in [9.17, 15) is 5.11 Å². The van der Waals surface area contributed by atoms with Gasteiger partial charge in [0.1, 0.15) is 0 Å². The van der Waals surface area contributed by atoms with Crippen LogP contribution >= 0.6 is 0 Å². The molecule has 126 valence electrons. The fourth-order valence-electron chi connectivity index (χ4n) is 2.49. The molecule has 0 saturated carbocycles. The van der Waals surface area contributed by atoms with Crippen LogP contribution in [0.2, 0.25) is 0 Å². The van der Waals surface area contributed by atoms with Crippen molar-refractivity contribution >= 4 is 0 Å². The van der Waals surface area contributed by atoms with Gasteiger partial charge >= 0.3 is 0 Å². The lowest BCUT2D eigenvalue weighted by Gasteiger charge is -2.11. The van der Waals surface area contributed by atoms with E-state index in [2.05, 4.69) is 19.1 Å². The SMILES string of the molecule is CCCCCCCCCCCCC/C=C/C[C@@H](O)[C@H](C)N. The lowest BCUT2D eigenvalue weighted by molar-refractivity contribution is 0.154. The van der Waals surface area contributed by atoms with Gasteiger partial charge in [0.05, 0.1) is 6.10 Å². The molecule has 0 aromatic heterocycles. The molecule has 0 bridgehead atoms. The Labute approximate surface area is 133 Å². The Balaban J connectivity index is 3.13. The maximum absolute atomic E-state index is 9.54. The van der Waals surface area contributed by atoms with Gasteiger partial charge in [-0.2, -0.15) is 0 Å². The number of nitrogens with two attached hydrogens (primary N) is 1. The minimum absolute atomic E-state index is 0.128. The van der Waals surface area contributed by atoms with Crippen LogP contribution in [0.1, 0.15) is 97.3 Å². The van der Waals surface area contributed by atoms with E-state index in [0.29, 0.717) is 6.42 Å².